The zero-order valence-corrected chi connectivity index (χ0v) is 10.7. The second-order valence-electron chi connectivity index (χ2n) is 4.68. The Kier molecular flexibility index (Phi) is 2.66. The number of aromatic amines is 2. The van der Waals surface area contributed by atoms with E-state index in [-0.39, 0.29) is 24.2 Å². The zero-order valence-electron chi connectivity index (χ0n) is 10.7. The van der Waals surface area contributed by atoms with Crippen LogP contribution in [0.25, 0.3) is 0 Å². The van der Waals surface area contributed by atoms with Gasteiger partial charge in [-0.1, -0.05) is 11.8 Å². The molecule has 0 aliphatic heterocycles. The molecule has 1 aliphatic carbocycles. The molecule has 0 unspecified atom stereocenters. The third kappa shape index (κ3) is 1.63. The van der Waals surface area contributed by atoms with E-state index in [2.05, 4.69) is 22.0 Å². The normalized spacial score (nSPS) is 12.3. The lowest BCUT2D eigenvalue weighted by Gasteiger charge is -2.08. The van der Waals surface area contributed by atoms with Crippen molar-refractivity contribution in [1.82, 2.24) is 19.6 Å². The van der Waals surface area contributed by atoms with Crippen LogP contribution in [0.3, 0.4) is 0 Å². The molecule has 6 nitrogen and oxygen atoms in total. The predicted molar refractivity (Wildman–Crippen MR) is 73.4 cm³/mol. The van der Waals surface area contributed by atoms with Gasteiger partial charge in [0.2, 0.25) is 0 Å². The fourth-order valence-electron chi connectivity index (χ4n) is 2.56. The van der Waals surface area contributed by atoms with Crippen LogP contribution in [0.2, 0.25) is 0 Å². The average molecular weight is 268 g/mol. The van der Waals surface area contributed by atoms with E-state index in [1.807, 2.05) is 0 Å². The lowest BCUT2D eigenvalue weighted by atomic mass is 9.96. The zero-order chi connectivity index (χ0) is 14.3. The van der Waals surface area contributed by atoms with Crippen molar-refractivity contribution >= 4 is 0 Å². The molecule has 0 radical (unpaired) electrons. The van der Waals surface area contributed by atoms with Crippen LogP contribution in [0, 0.1) is 24.7 Å². The van der Waals surface area contributed by atoms with E-state index < -0.39 is 0 Å². The first-order valence-corrected chi connectivity index (χ1v) is 6.13. The highest BCUT2D eigenvalue weighted by molar-refractivity contribution is 5.37. The largest absolute Gasteiger partial charge is 0.298 e. The summed E-state index contributed by atoms with van der Waals surface area (Å²) in [7, 11) is 0. The van der Waals surface area contributed by atoms with Crippen molar-refractivity contribution in [3.8, 4) is 24.7 Å². The first-order valence-electron chi connectivity index (χ1n) is 6.13. The van der Waals surface area contributed by atoms with E-state index in [1.165, 1.54) is 9.36 Å². The SMILES string of the molecule is C#CCn1[nH]c2c(c1=O)Cc1[nH]n(CC#C)c(=O)c1C2. The smallest absolute Gasteiger partial charge is 0.271 e. The quantitative estimate of drug-likeness (QED) is 0.611. The van der Waals surface area contributed by atoms with Crippen LogP contribution in [0.15, 0.2) is 9.59 Å². The molecular weight excluding hydrogens is 256 g/mol. The van der Waals surface area contributed by atoms with Gasteiger partial charge in [-0.05, 0) is 0 Å². The van der Waals surface area contributed by atoms with Crippen molar-refractivity contribution in [2.45, 2.75) is 25.9 Å². The summed E-state index contributed by atoms with van der Waals surface area (Å²) < 4.78 is 2.77. The minimum Gasteiger partial charge on any atom is -0.298 e. The Balaban J connectivity index is 2.07. The van der Waals surface area contributed by atoms with Crippen molar-refractivity contribution in [2.24, 2.45) is 0 Å². The number of hydrogen-bond donors (Lipinski definition) is 2. The highest BCUT2D eigenvalue weighted by Gasteiger charge is 2.26. The third-order valence-corrected chi connectivity index (χ3v) is 3.48. The molecule has 2 aromatic heterocycles. The molecular formula is C14H12N4O2. The number of rotatable bonds is 2. The number of fused-ring (bicyclic) bond motifs is 2. The summed E-state index contributed by atoms with van der Waals surface area (Å²) in [6, 6.07) is 0. The Morgan fingerprint density at radius 1 is 0.900 bits per heavy atom. The third-order valence-electron chi connectivity index (χ3n) is 3.48. The second-order valence-corrected chi connectivity index (χ2v) is 4.68. The molecule has 0 amide bonds. The predicted octanol–water partition coefficient (Wildman–Crippen LogP) is -0.572. The maximum atomic E-state index is 12.1. The van der Waals surface area contributed by atoms with Gasteiger partial charge in [0.25, 0.3) is 11.1 Å². The highest BCUT2D eigenvalue weighted by Crippen LogP contribution is 2.20. The number of nitrogens with zero attached hydrogens (tertiary/aromatic N) is 2. The summed E-state index contributed by atoms with van der Waals surface area (Å²) in [5, 5.41) is 5.94. The van der Waals surface area contributed by atoms with E-state index in [4.69, 9.17) is 12.8 Å². The molecule has 0 spiro atoms. The van der Waals surface area contributed by atoms with E-state index >= 15 is 0 Å². The van der Waals surface area contributed by atoms with Crippen molar-refractivity contribution in [3.63, 3.8) is 0 Å². The van der Waals surface area contributed by atoms with Gasteiger partial charge in [0.05, 0.1) is 0 Å². The standard InChI is InChI=1S/C14H12N4O2/c1-3-5-17-13(19)9-7-12-10(8-11(9)15-17)14(20)18(16-12)6-4-2/h1-2,15-16H,5-8H2. The van der Waals surface area contributed by atoms with Gasteiger partial charge in [0, 0.05) is 35.4 Å². The average Bonchev–Trinajstić information content (AvgIpc) is 2.89. The number of hydrogen-bond acceptors (Lipinski definition) is 2. The van der Waals surface area contributed by atoms with Crippen molar-refractivity contribution in [1.29, 1.82) is 0 Å². The van der Waals surface area contributed by atoms with E-state index in [1.54, 1.807) is 0 Å². The number of nitrogens with one attached hydrogen (secondary N) is 2. The molecule has 0 aromatic carbocycles. The highest BCUT2D eigenvalue weighted by atomic mass is 16.1. The maximum Gasteiger partial charge on any atom is 0.271 e. The molecule has 0 saturated carbocycles. The summed E-state index contributed by atoms with van der Waals surface area (Å²) in [5.74, 6) is 4.84. The molecule has 0 fully saturated rings. The summed E-state index contributed by atoms with van der Waals surface area (Å²) in [4.78, 5) is 24.3. The van der Waals surface area contributed by atoms with Crippen LogP contribution in [0.4, 0.5) is 0 Å². The second kappa shape index (κ2) is 4.36. The van der Waals surface area contributed by atoms with Crippen LogP contribution in [-0.2, 0) is 25.9 Å². The molecule has 0 saturated heterocycles. The summed E-state index contributed by atoms with van der Waals surface area (Å²) in [6.07, 6.45) is 11.2. The Bertz CT molecular complexity index is 802. The Labute approximate surface area is 114 Å². The monoisotopic (exact) mass is 268 g/mol. The molecule has 100 valence electrons. The molecule has 0 atom stereocenters. The van der Waals surface area contributed by atoms with E-state index in [9.17, 15) is 9.59 Å². The first-order chi connectivity index (χ1) is 9.65. The molecule has 2 heterocycles. The van der Waals surface area contributed by atoms with Gasteiger partial charge in [0.1, 0.15) is 13.1 Å². The van der Waals surface area contributed by atoms with Crippen LogP contribution >= 0.6 is 0 Å². The first kappa shape index (κ1) is 12.2. The van der Waals surface area contributed by atoms with E-state index in [0.717, 1.165) is 11.4 Å². The van der Waals surface area contributed by atoms with Gasteiger partial charge in [-0.3, -0.25) is 19.8 Å². The Morgan fingerprint density at radius 2 is 1.30 bits per heavy atom. The minimum atomic E-state index is -0.130. The topological polar surface area (TPSA) is 75.6 Å². The van der Waals surface area contributed by atoms with Crippen molar-refractivity contribution in [3.05, 3.63) is 43.2 Å². The molecule has 3 rings (SSSR count). The van der Waals surface area contributed by atoms with Crippen LogP contribution in [-0.4, -0.2) is 19.6 Å². The van der Waals surface area contributed by atoms with Gasteiger partial charge < -0.3 is 0 Å². The maximum absolute atomic E-state index is 12.1. The summed E-state index contributed by atoms with van der Waals surface area (Å²) in [5.41, 5.74) is 2.55. The van der Waals surface area contributed by atoms with E-state index in [0.29, 0.717) is 24.0 Å². The Morgan fingerprint density at radius 3 is 1.65 bits per heavy atom. The summed E-state index contributed by atoms with van der Waals surface area (Å²) >= 11 is 0. The van der Waals surface area contributed by atoms with Gasteiger partial charge in [-0.15, -0.1) is 12.8 Å². The fourth-order valence-corrected chi connectivity index (χ4v) is 2.56. The number of terminal acetylenes is 2. The minimum absolute atomic E-state index is 0.130. The van der Waals surface area contributed by atoms with Crippen molar-refractivity contribution in [2.75, 3.05) is 0 Å². The van der Waals surface area contributed by atoms with Gasteiger partial charge in [-0.25, -0.2) is 9.36 Å². The molecule has 6 heteroatoms. The van der Waals surface area contributed by atoms with Crippen LogP contribution in [0.1, 0.15) is 22.5 Å². The lowest BCUT2D eigenvalue weighted by Crippen LogP contribution is -2.21. The summed E-state index contributed by atoms with van der Waals surface area (Å²) in [6.45, 7) is 0.391. The van der Waals surface area contributed by atoms with Crippen molar-refractivity contribution < 1.29 is 0 Å². The van der Waals surface area contributed by atoms with Crippen LogP contribution < -0.4 is 11.1 Å². The molecule has 1 aliphatic rings. The van der Waals surface area contributed by atoms with Gasteiger partial charge in [0.15, 0.2) is 0 Å². The van der Waals surface area contributed by atoms with Gasteiger partial charge in [-0.2, -0.15) is 0 Å². The Hall–Kier alpha value is -2.86. The molecule has 2 aromatic rings. The lowest BCUT2D eigenvalue weighted by molar-refractivity contribution is 0.673. The fraction of sp³-hybridized carbons (Fsp3) is 0.286. The molecule has 2 N–H and O–H groups in total. The number of aromatic nitrogens is 4. The number of H-pyrrole nitrogens is 2. The molecule has 20 heavy (non-hydrogen) atoms. The van der Waals surface area contributed by atoms with Crippen LogP contribution in [0.5, 0.6) is 0 Å². The van der Waals surface area contributed by atoms with Gasteiger partial charge >= 0.3 is 0 Å². The molecule has 0 bridgehead atoms.